The molecule has 0 heterocycles. The molecule has 0 saturated heterocycles. The summed E-state index contributed by atoms with van der Waals surface area (Å²) in [5, 5.41) is 0. The lowest BCUT2D eigenvalue weighted by atomic mass is 9.82. The average Bonchev–Trinajstić information content (AvgIpc) is 2.14. The summed E-state index contributed by atoms with van der Waals surface area (Å²) in [6.07, 6.45) is 5.82. The highest BCUT2D eigenvalue weighted by molar-refractivity contribution is 5.75. The van der Waals surface area contributed by atoms with Crippen molar-refractivity contribution in [2.24, 2.45) is 17.6 Å². The van der Waals surface area contributed by atoms with E-state index in [4.69, 9.17) is 5.73 Å². The van der Waals surface area contributed by atoms with Crippen LogP contribution in [0.1, 0.15) is 39.0 Å². The molecule has 1 aliphatic carbocycles. The van der Waals surface area contributed by atoms with Crippen LogP contribution in [0.4, 0.5) is 0 Å². The van der Waals surface area contributed by atoms with E-state index in [9.17, 15) is 4.79 Å². The monoisotopic (exact) mass is 212 g/mol. The first-order valence-electron chi connectivity index (χ1n) is 6.07. The molecule has 0 spiro atoms. The summed E-state index contributed by atoms with van der Waals surface area (Å²) >= 11 is 0. The molecule has 0 aromatic heterocycles. The van der Waals surface area contributed by atoms with Crippen molar-refractivity contribution < 1.29 is 4.79 Å². The van der Waals surface area contributed by atoms with Gasteiger partial charge in [-0.2, -0.15) is 0 Å². The van der Waals surface area contributed by atoms with Gasteiger partial charge in [0.05, 0.1) is 0 Å². The van der Waals surface area contributed by atoms with Gasteiger partial charge in [-0.15, -0.1) is 0 Å². The van der Waals surface area contributed by atoms with E-state index >= 15 is 0 Å². The predicted molar refractivity (Wildman–Crippen MR) is 62.4 cm³/mol. The summed E-state index contributed by atoms with van der Waals surface area (Å²) in [6, 6.07) is 0. The van der Waals surface area contributed by atoms with E-state index in [-0.39, 0.29) is 5.91 Å². The molecular weight excluding hydrogens is 188 g/mol. The Balaban J connectivity index is 2.14. The van der Waals surface area contributed by atoms with Crippen LogP contribution in [0.3, 0.4) is 0 Å². The molecule has 0 aromatic carbocycles. The molecule has 1 unspecified atom stereocenters. The molecule has 1 atom stereocenters. The van der Waals surface area contributed by atoms with Crippen molar-refractivity contribution in [1.82, 2.24) is 4.90 Å². The van der Waals surface area contributed by atoms with Gasteiger partial charge in [0, 0.05) is 20.0 Å². The second kappa shape index (κ2) is 6.11. The third-order valence-electron chi connectivity index (χ3n) is 3.40. The Hall–Kier alpha value is -0.570. The summed E-state index contributed by atoms with van der Waals surface area (Å²) in [6.45, 7) is 3.52. The lowest BCUT2D eigenvalue weighted by Crippen LogP contribution is -2.33. The number of carbonyl (C=O) groups excluding carboxylic acids is 1. The zero-order valence-electron chi connectivity index (χ0n) is 10.0. The number of nitrogens with two attached hydrogens (primary N) is 1. The largest absolute Gasteiger partial charge is 0.345 e. The molecule has 1 amide bonds. The Morgan fingerprint density at radius 1 is 1.53 bits per heavy atom. The third-order valence-corrected chi connectivity index (χ3v) is 3.40. The van der Waals surface area contributed by atoms with Crippen LogP contribution in [0, 0.1) is 11.8 Å². The molecule has 1 saturated carbocycles. The summed E-state index contributed by atoms with van der Waals surface area (Å²) in [5.74, 6) is 1.51. The molecule has 1 aliphatic rings. The van der Waals surface area contributed by atoms with Gasteiger partial charge in [-0.3, -0.25) is 4.79 Å². The zero-order chi connectivity index (χ0) is 11.3. The minimum Gasteiger partial charge on any atom is -0.345 e. The molecule has 0 aromatic rings. The Morgan fingerprint density at radius 2 is 2.20 bits per heavy atom. The van der Waals surface area contributed by atoms with Gasteiger partial charge in [0.25, 0.3) is 0 Å². The molecule has 0 radical (unpaired) electrons. The zero-order valence-corrected chi connectivity index (χ0v) is 10.0. The van der Waals surface area contributed by atoms with Crippen LogP contribution in [0.5, 0.6) is 0 Å². The van der Waals surface area contributed by atoms with Crippen molar-refractivity contribution in [3.8, 4) is 0 Å². The maximum absolute atomic E-state index is 11.7. The quantitative estimate of drug-likeness (QED) is 0.727. The summed E-state index contributed by atoms with van der Waals surface area (Å²) in [7, 11) is 1.88. The topological polar surface area (TPSA) is 46.3 Å². The fourth-order valence-corrected chi connectivity index (χ4v) is 1.94. The van der Waals surface area contributed by atoms with Crippen molar-refractivity contribution in [1.29, 1.82) is 0 Å². The molecule has 0 bridgehead atoms. The maximum Gasteiger partial charge on any atom is 0.222 e. The van der Waals surface area contributed by atoms with E-state index in [0.717, 1.165) is 25.3 Å². The molecular formula is C12H24N2O. The fraction of sp³-hybridized carbons (Fsp3) is 0.917. The van der Waals surface area contributed by atoms with Gasteiger partial charge in [-0.05, 0) is 24.8 Å². The number of hydrogen-bond acceptors (Lipinski definition) is 2. The highest BCUT2D eigenvalue weighted by Crippen LogP contribution is 2.30. The second-order valence-electron chi connectivity index (χ2n) is 4.95. The highest BCUT2D eigenvalue weighted by atomic mass is 16.2. The molecule has 1 fully saturated rings. The second-order valence-corrected chi connectivity index (χ2v) is 4.95. The van der Waals surface area contributed by atoms with E-state index in [1.165, 1.54) is 19.3 Å². The Morgan fingerprint density at radius 3 is 2.67 bits per heavy atom. The van der Waals surface area contributed by atoms with Gasteiger partial charge >= 0.3 is 0 Å². The van der Waals surface area contributed by atoms with E-state index in [1.54, 1.807) is 0 Å². The Kier molecular flexibility index (Phi) is 5.09. The molecule has 15 heavy (non-hydrogen) atoms. The first kappa shape index (κ1) is 12.5. The summed E-state index contributed by atoms with van der Waals surface area (Å²) in [4.78, 5) is 13.6. The van der Waals surface area contributed by atoms with E-state index in [1.807, 2.05) is 11.9 Å². The van der Waals surface area contributed by atoms with Crippen molar-refractivity contribution in [2.75, 3.05) is 20.1 Å². The van der Waals surface area contributed by atoms with Gasteiger partial charge in [-0.1, -0.05) is 26.2 Å². The lowest BCUT2D eigenvalue weighted by Gasteiger charge is -2.26. The van der Waals surface area contributed by atoms with Crippen LogP contribution in [0.2, 0.25) is 0 Å². The van der Waals surface area contributed by atoms with Crippen LogP contribution in [0.15, 0.2) is 0 Å². The van der Waals surface area contributed by atoms with Crippen molar-refractivity contribution in [3.63, 3.8) is 0 Å². The molecule has 1 rings (SSSR count). The first-order valence-corrected chi connectivity index (χ1v) is 6.07. The highest BCUT2D eigenvalue weighted by Gasteiger charge is 2.19. The van der Waals surface area contributed by atoms with Gasteiger partial charge < -0.3 is 10.6 Å². The fourth-order valence-electron chi connectivity index (χ4n) is 1.94. The standard InChI is InChI=1S/C12H24N2O/c1-10(8-13)9-14(2)12(15)7-6-11-4-3-5-11/h10-11H,3-9,13H2,1-2H3. The minimum absolute atomic E-state index is 0.280. The number of hydrogen-bond donors (Lipinski definition) is 1. The number of rotatable bonds is 6. The summed E-state index contributed by atoms with van der Waals surface area (Å²) < 4.78 is 0. The molecule has 3 heteroatoms. The molecule has 0 aliphatic heterocycles. The maximum atomic E-state index is 11.7. The lowest BCUT2D eigenvalue weighted by molar-refractivity contribution is -0.130. The van der Waals surface area contributed by atoms with Gasteiger partial charge in [-0.25, -0.2) is 0 Å². The number of carbonyl (C=O) groups is 1. The van der Waals surface area contributed by atoms with Gasteiger partial charge in [0.1, 0.15) is 0 Å². The smallest absolute Gasteiger partial charge is 0.222 e. The van der Waals surface area contributed by atoms with Gasteiger partial charge in [0.2, 0.25) is 5.91 Å². The average molecular weight is 212 g/mol. The van der Waals surface area contributed by atoms with E-state index < -0.39 is 0 Å². The molecule has 88 valence electrons. The van der Waals surface area contributed by atoms with E-state index in [2.05, 4.69) is 6.92 Å². The SMILES string of the molecule is CC(CN)CN(C)C(=O)CCC1CCC1. The predicted octanol–water partition coefficient (Wildman–Crippen LogP) is 1.62. The van der Waals surface area contributed by atoms with Crippen molar-refractivity contribution in [2.45, 2.75) is 39.0 Å². The normalized spacial score (nSPS) is 18.3. The number of amides is 1. The first-order chi connectivity index (χ1) is 7.13. The Labute approximate surface area is 93.0 Å². The number of nitrogens with zero attached hydrogens (tertiary/aromatic N) is 1. The molecule has 2 N–H and O–H groups in total. The van der Waals surface area contributed by atoms with Crippen LogP contribution in [-0.4, -0.2) is 30.9 Å². The minimum atomic E-state index is 0.280. The van der Waals surface area contributed by atoms with Crippen LogP contribution < -0.4 is 5.73 Å². The van der Waals surface area contributed by atoms with Crippen molar-refractivity contribution in [3.05, 3.63) is 0 Å². The van der Waals surface area contributed by atoms with Crippen LogP contribution >= 0.6 is 0 Å². The van der Waals surface area contributed by atoms with Crippen LogP contribution in [0.25, 0.3) is 0 Å². The third kappa shape index (κ3) is 4.20. The van der Waals surface area contributed by atoms with Crippen LogP contribution in [-0.2, 0) is 4.79 Å². The van der Waals surface area contributed by atoms with E-state index in [0.29, 0.717) is 12.5 Å². The van der Waals surface area contributed by atoms with Gasteiger partial charge in [0.15, 0.2) is 0 Å². The van der Waals surface area contributed by atoms with Crippen molar-refractivity contribution >= 4 is 5.91 Å². The summed E-state index contributed by atoms with van der Waals surface area (Å²) in [5.41, 5.74) is 5.54. The Bertz CT molecular complexity index is 202. The molecule has 3 nitrogen and oxygen atoms in total.